The summed E-state index contributed by atoms with van der Waals surface area (Å²) in [7, 11) is 0. The molecule has 1 rings (SSSR count). The van der Waals surface area contributed by atoms with Gasteiger partial charge in [-0.15, -0.1) is 6.58 Å². The van der Waals surface area contributed by atoms with Gasteiger partial charge >= 0.3 is 0 Å². The fourth-order valence-corrected chi connectivity index (χ4v) is 0.833. The number of rotatable bonds is 1. The first-order valence-corrected chi connectivity index (χ1v) is 2.67. The summed E-state index contributed by atoms with van der Waals surface area (Å²) in [5.74, 6) is 0.199. The zero-order valence-corrected chi connectivity index (χ0v) is 4.63. The molecular formula is C6H9NO. The molecule has 0 aliphatic heterocycles. The molecule has 0 aromatic heterocycles. The second-order valence-electron chi connectivity index (χ2n) is 2.09. The fraction of sp³-hybridized carbons (Fsp3) is 0.500. The number of hydrogen-bond acceptors (Lipinski definition) is 2. The molecule has 0 radical (unpaired) electrons. The molecule has 1 fully saturated rings. The van der Waals surface area contributed by atoms with Crippen molar-refractivity contribution in [3.63, 3.8) is 0 Å². The average molecular weight is 111 g/mol. The van der Waals surface area contributed by atoms with Gasteiger partial charge in [0.15, 0.2) is 5.78 Å². The van der Waals surface area contributed by atoms with Gasteiger partial charge in [-0.2, -0.15) is 0 Å². The highest BCUT2D eigenvalue weighted by atomic mass is 16.1. The van der Waals surface area contributed by atoms with E-state index in [0.717, 1.165) is 6.42 Å². The van der Waals surface area contributed by atoms with Gasteiger partial charge in [-0.05, 0) is 6.42 Å². The van der Waals surface area contributed by atoms with Crippen molar-refractivity contribution < 1.29 is 4.79 Å². The van der Waals surface area contributed by atoms with Gasteiger partial charge < -0.3 is 5.73 Å². The number of ketones is 1. The second-order valence-corrected chi connectivity index (χ2v) is 2.09. The molecule has 0 heterocycles. The number of hydrogen-bond donors (Lipinski definition) is 1. The van der Waals surface area contributed by atoms with Gasteiger partial charge in [-0.1, -0.05) is 6.08 Å². The maximum absolute atomic E-state index is 10.6. The molecule has 2 heteroatoms. The summed E-state index contributed by atoms with van der Waals surface area (Å²) >= 11 is 0. The van der Waals surface area contributed by atoms with Crippen LogP contribution in [0.4, 0.5) is 0 Å². The van der Waals surface area contributed by atoms with Gasteiger partial charge in [0.25, 0.3) is 0 Å². The van der Waals surface area contributed by atoms with Crippen LogP contribution in [0.15, 0.2) is 12.7 Å². The summed E-state index contributed by atoms with van der Waals surface area (Å²) in [6.07, 6.45) is 2.45. The summed E-state index contributed by atoms with van der Waals surface area (Å²) in [6.45, 7) is 3.49. The van der Waals surface area contributed by atoms with Crippen LogP contribution in [-0.2, 0) is 4.79 Å². The molecule has 0 spiro atoms. The molecule has 2 nitrogen and oxygen atoms in total. The topological polar surface area (TPSA) is 43.1 Å². The smallest absolute Gasteiger partial charge is 0.156 e. The Morgan fingerprint density at radius 1 is 1.88 bits per heavy atom. The fourth-order valence-electron chi connectivity index (χ4n) is 0.833. The van der Waals surface area contributed by atoms with Gasteiger partial charge in [0.05, 0.1) is 6.04 Å². The van der Waals surface area contributed by atoms with E-state index >= 15 is 0 Å². The number of carbonyl (C=O) groups is 1. The van der Waals surface area contributed by atoms with Gasteiger partial charge in [-0.25, -0.2) is 0 Å². The zero-order chi connectivity index (χ0) is 6.15. The van der Waals surface area contributed by atoms with Gasteiger partial charge in [0.1, 0.15) is 0 Å². The van der Waals surface area contributed by atoms with Crippen LogP contribution in [0.2, 0.25) is 0 Å². The Morgan fingerprint density at radius 3 is 2.62 bits per heavy atom. The van der Waals surface area contributed by atoms with Crippen molar-refractivity contribution in [2.45, 2.75) is 12.5 Å². The Hall–Kier alpha value is -0.630. The highest BCUT2D eigenvalue weighted by Crippen LogP contribution is 2.21. The standard InChI is InChI=1S/C6H9NO/c1-2-4-3-5(7)6(4)8/h2,4-5H,1,3,7H2. The monoisotopic (exact) mass is 111 g/mol. The number of Topliss-reactive ketones (excluding diaryl/α,β-unsaturated/α-hetero) is 1. The first-order chi connectivity index (χ1) is 3.75. The Kier molecular flexibility index (Phi) is 1.18. The van der Waals surface area contributed by atoms with Crippen LogP contribution < -0.4 is 5.73 Å². The minimum atomic E-state index is -0.196. The summed E-state index contributed by atoms with van der Waals surface area (Å²) < 4.78 is 0. The second kappa shape index (κ2) is 1.71. The minimum Gasteiger partial charge on any atom is -0.321 e. The van der Waals surface area contributed by atoms with Crippen LogP contribution in [0, 0.1) is 5.92 Å². The molecular weight excluding hydrogens is 102 g/mol. The molecule has 1 saturated carbocycles. The zero-order valence-electron chi connectivity index (χ0n) is 4.63. The summed E-state index contributed by atoms with van der Waals surface area (Å²) in [4.78, 5) is 10.6. The molecule has 0 amide bonds. The van der Waals surface area contributed by atoms with Gasteiger partial charge in [0, 0.05) is 5.92 Å². The molecule has 0 aromatic rings. The Balaban J connectivity index is 2.47. The molecule has 2 unspecified atom stereocenters. The number of allylic oxidation sites excluding steroid dienone is 1. The van der Waals surface area contributed by atoms with Crippen molar-refractivity contribution in [2.24, 2.45) is 11.7 Å². The molecule has 0 saturated heterocycles. The molecule has 44 valence electrons. The van der Waals surface area contributed by atoms with Crippen LogP contribution in [0.25, 0.3) is 0 Å². The van der Waals surface area contributed by atoms with E-state index in [1.165, 1.54) is 0 Å². The van der Waals surface area contributed by atoms with E-state index in [-0.39, 0.29) is 17.7 Å². The predicted molar refractivity (Wildman–Crippen MR) is 31.3 cm³/mol. The average Bonchev–Trinajstić information content (AvgIpc) is 1.81. The first kappa shape index (κ1) is 5.51. The summed E-state index contributed by atoms with van der Waals surface area (Å²) in [5.41, 5.74) is 5.29. The van der Waals surface area contributed by atoms with E-state index in [2.05, 4.69) is 6.58 Å². The van der Waals surface area contributed by atoms with Crippen LogP contribution in [0.3, 0.4) is 0 Å². The minimum absolute atomic E-state index is 0.0602. The molecule has 0 bridgehead atoms. The van der Waals surface area contributed by atoms with Crippen molar-refractivity contribution >= 4 is 5.78 Å². The third kappa shape index (κ3) is 0.574. The van der Waals surface area contributed by atoms with Crippen molar-refractivity contribution in [3.05, 3.63) is 12.7 Å². The van der Waals surface area contributed by atoms with Gasteiger partial charge in [-0.3, -0.25) is 4.79 Å². The third-order valence-corrected chi connectivity index (χ3v) is 1.52. The predicted octanol–water partition coefficient (Wildman–Crippen LogP) is 0.0887. The Labute approximate surface area is 48.4 Å². The molecule has 2 atom stereocenters. The van der Waals surface area contributed by atoms with E-state index in [9.17, 15) is 4.79 Å². The lowest BCUT2D eigenvalue weighted by atomic mass is 9.80. The van der Waals surface area contributed by atoms with Crippen LogP contribution in [0.5, 0.6) is 0 Å². The maximum atomic E-state index is 10.6. The van der Waals surface area contributed by atoms with Crippen LogP contribution in [-0.4, -0.2) is 11.8 Å². The largest absolute Gasteiger partial charge is 0.321 e. The van der Waals surface area contributed by atoms with E-state index in [0.29, 0.717) is 0 Å². The SMILES string of the molecule is C=CC1CC(N)C1=O. The van der Waals surface area contributed by atoms with Crippen molar-refractivity contribution in [1.82, 2.24) is 0 Å². The lowest BCUT2D eigenvalue weighted by Crippen LogP contribution is -2.47. The highest BCUT2D eigenvalue weighted by Gasteiger charge is 2.33. The van der Waals surface area contributed by atoms with Crippen LogP contribution in [0.1, 0.15) is 6.42 Å². The molecule has 0 aromatic carbocycles. The molecule has 8 heavy (non-hydrogen) atoms. The highest BCUT2D eigenvalue weighted by molar-refractivity contribution is 5.93. The van der Waals surface area contributed by atoms with Crippen molar-refractivity contribution in [1.29, 1.82) is 0 Å². The third-order valence-electron chi connectivity index (χ3n) is 1.52. The van der Waals surface area contributed by atoms with E-state index < -0.39 is 0 Å². The lowest BCUT2D eigenvalue weighted by Gasteiger charge is -2.27. The normalized spacial score (nSPS) is 36.4. The van der Waals surface area contributed by atoms with Crippen LogP contribution >= 0.6 is 0 Å². The summed E-state index contributed by atoms with van der Waals surface area (Å²) in [5, 5.41) is 0. The van der Waals surface area contributed by atoms with E-state index in [1.807, 2.05) is 0 Å². The lowest BCUT2D eigenvalue weighted by molar-refractivity contribution is -0.129. The first-order valence-electron chi connectivity index (χ1n) is 2.67. The molecule has 1 aliphatic rings. The molecule has 1 aliphatic carbocycles. The number of carbonyl (C=O) groups excluding carboxylic acids is 1. The Bertz CT molecular complexity index is 130. The van der Waals surface area contributed by atoms with E-state index in [1.54, 1.807) is 6.08 Å². The van der Waals surface area contributed by atoms with Crippen molar-refractivity contribution in [2.75, 3.05) is 0 Å². The van der Waals surface area contributed by atoms with E-state index in [4.69, 9.17) is 5.73 Å². The Morgan fingerprint density at radius 2 is 2.50 bits per heavy atom. The van der Waals surface area contributed by atoms with Gasteiger partial charge in [0.2, 0.25) is 0 Å². The van der Waals surface area contributed by atoms with Crippen molar-refractivity contribution in [3.8, 4) is 0 Å². The summed E-state index contributed by atoms with van der Waals surface area (Å²) in [6, 6.07) is -0.196. The molecule has 2 N–H and O–H groups in total. The quantitative estimate of drug-likeness (QED) is 0.487. The maximum Gasteiger partial charge on any atom is 0.156 e. The number of nitrogens with two attached hydrogens (primary N) is 1.